The first-order chi connectivity index (χ1) is 13.7. The molecule has 0 saturated carbocycles. The number of hydrogen-bond acceptors (Lipinski definition) is 7. The molecule has 0 bridgehead atoms. The van der Waals surface area contributed by atoms with Gasteiger partial charge in [0.05, 0.1) is 29.7 Å². The molecule has 1 aromatic heterocycles. The summed E-state index contributed by atoms with van der Waals surface area (Å²) in [6.45, 7) is 3.42. The third-order valence-corrected chi connectivity index (χ3v) is 5.03. The van der Waals surface area contributed by atoms with Gasteiger partial charge < -0.3 is 19.9 Å². The minimum atomic E-state index is 0.428. The Morgan fingerprint density at radius 2 is 1.68 bits per heavy atom. The lowest BCUT2D eigenvalue weighted by Gasteiger charge is -2.37. The van der Waals surface area contributed by atoms with Gasteiger partial charge in [0.1, 0.15) is 5.75 Å². The molecule has 0 aliphatic carbocycles. The van der Waals surface area contributed by atoms with E-state index in [0.717, 1.165) is 49.1 Å². The fourth-order valence-electron chi connectivity index (χ4n) is 3.25. The number of rotatable bonds is 5. The summed E-state index contributed by atoms with van der Waals surface area (Å²) in [6.07, 6.45) is 1.69. The highest BCUT2D eigenvalue weighted by Gasteiger charge is 2.21. The third kappa shape index (κ3) is 3.94. The van der Waals surface area contributed by atoms with E-state index in [2.05, 4.69) is 36.4 Å². The van der Waals surface area contributed by atoms with Gasteiger partial charge >= 0.3 is 0 Å². The van der Waals surface area contributed by atoms with Gasteiger partial charge in [0.2, 0.25) is 5.95 Å². The van der Waals surface area contributed by atoms with Crippen LogP contribution in [0.15, 0.2) is 54.7 Å². The Morgan fingerprint density at radius 1 is 0.964 bits per heavy atom. The Balaban J connectivity index is 1.44. The van der Waals surface area contributed by atoms with Crippen LogP contribution in [0.25, 0.3) is 0 Å². The van der Waals surface area contributed by atoms with Crippen molar-refractivity contribution in [2.45, 2.75) is 0 Å². The number of anilines is 4. The number of nitrogens with one attached hydrogen (secondary N) is 1. The van der Waals surface area contributed by atoms with Crippen LogP contribution in [0.4, 0.5) is 23.1 Å². The van der Waals surface area contributed by atoms with E-state index in [1.165, 1.54) is 0 Å². The Kier molecular flexibility index (Phi) is 5.43. The minimum absolute atomic E-state index is 0.428. The van der Waals surface area contributed by atoms with Crippen molar-refractivity contribution in [2.24, 2.45) is 0 Å². The van der Waals surface area contributed by atoms with Crippen LogP contribution in [0.3, 0.4) is 0 Å². The Labute approximate surface area is 168 Å². The van der Waals surface area contributed by atoms with E-state index < -0.39 is 0 Å². The third-order valence-electron chi connectivity index (χ3n) is 4.70. The summed E-state index contributed by atoms with van der Waals surface area (Å²) in [5.74, 6) is 2.12. The lowest BCUT2D eigenvalue weighted by atomic mass is 10.2. The predicted octanol–water partition coefficient (Wildman–Crippen LogP) is 3.60. The second kappa shape index (κ2) is 8.31. The van der Waals surface area contributed by atoms with Crippen molar-refractivity contribution < 1.29 is 4.74 Å². The van der Waals surface area contributed by atoms with Crippen molar-refractivity contribution in [3.63, 3.8) is 0 Å². The van der Waals surface area contributed by atoms with Gasteiger partial charge in [0, 0.05) is 26.2 Å². The van der Waals surface area contributed by atoms with Crippen LogP contribution in [0.2, 0.25) is 5.02 Å². The topological polar surface area (TPSA) is 66.4 Å². The number of methoxy groups -OCH3 is 1. The van der Waals surface area contributed by atoms with Crippen LogP contribution in [0, 0.1) is 0 Å². The van der Waals surface area contributed by atoms with Crippen LogP contribution in [-0.2, 0) is 0 Å². The fourth-order valence-corrected chi connectivity index (χ4v) is 3.43. The SMILES string of the molecule is COc1ccccc1N1CCN(c2cnnc(Nc3ccccc3Cl)n2)CC1. The van der Waals surface area contributed by atoms with Gasteiger partial charge in [-0.15, -0.1) is 5.10 Å². The molecule has 8 heteroatoms. The molecule has 2 aromatic carbocycles. The molecule has 144 valence electrons. The second-order valence-corrected chi connectivity index (χ2v) is 6.80. The second-order valence-electron chi connectivity index (χ2n) is 6.39. The summed E-state index contributed by atoms with van der Waals surface area (Å²) in [4.78, 5) is 9.14. The maximum Gasteiger partial charge on any atom is 0.249 e. The zero-order chi connectivity index (χ0) is 19.3. The van der Waals surface area contributed by atoms with E-state index in [9.17, 15) is 0 Å². The number of para-hydroxylation sites is 3. The Hall–Kier alpha value is -3.06. The normalized spacial score (nSPS) is 14.1. The first-order valence-electron chi connectivity index (χ1n) is 9.09. The number of halogens is 1. The number of aromatic nitrogens is 3. The van der Waals surface area contributed by atoms with Gasteiger partial charge in [0.25, 0.3) is 0 Å². The quantitative estimate of drug-likeness (QED) is 0.706. The molecule has 1 aliphatic heterocycles. The number of benzene rings is 2. The first-order valence-corrected chi connectivity index (χ1v) is 9.46. The smallest absolute Gasteiger partial charge is 0.249 e. The van der Waals surface area contributed by atoms with Gasteiger partial charge in [-0.05, 0) is 24.3 Å². The molecule has 1 fully saturated rings. The number of piperazine rings is 1. The molecule has 3 aromatic rings. The molecule has 4 rings (SSSR count). The Bertz CT molecular complexity index is 945. The maximum absolute atomic E-state index is 6.20. The van der Waals surface area contributed by atoms with E-state index >= 15 is 0 Å². The molecule has 0 amide bonds. The zero-order valence-electron chi connectivity index (χ0n) is 15.5. The average molecular weight is 397 g/mol. The highest BCUT2D eigenvalue weighted by atomic mass is 35.5. The molecular weight excluding hydrogens is 376 g/mol. The lowest BCUT2D eigenvalue weighted by molar-refractivity contribution is 0.413. The minimum Gasteiger partial charge on any atom is -0.495 e. The average Bonchev–Trinajstić information content (AvgIpc) is 2.76. The molecule has 1 saturated heterocycles. The van der Waals surface area contributed by atoms with E-state index in [1.807, 2.05) is 42.5 Å². The summed E-state index contributed by atoms with van der Waals surface area (Å²) < 4.78 is 5.49. The number of ether oxygens (including phenoxy) is 1. The standard InChI is InChI=1S/C20H21ClN6O/c1-28-18-9-5-4-8-17(18)26-10-12-27(13-11-26)19-14-22-25-20(24-19)23-16-7-3-2-6-15(16)21/h2-9,14H,10-13H2,1H3,(H,23,24,25). The molecule has 1 N–H and O–H groups in total. The summed E-state index contributed by atoms with van der Waals surface area (Å²) in [6, 6.07) is 15.6. The van der Waals surface area contributed by atoms with Crippen molar-refractivity contribution in [1.82, 2.24) is 15.2 Å². The van der Waals surface area contributed by atoms with Gasteiger partial charge in [-0.3, -0.25) is 0 Å². The van der Waals surface area contributed by atoms with Gasteiger partial charge in [-0.1, -0.05) is 35.9 Å². The van der Waals surface area contributed by atoms with Crippen molar-refractivity contribution in [2.75, 3.05) is 48.4 Å². The molecule has 0 spiro atoms. The Morgan fingerprint density at radius 3 is 2.46 bits per heavy atom. The summed E-state index contributed by atoms with van der Waals surface area (Å²) in [7, 11) is 1.70. The maximum atomic E-state index is 6.20. The lowest BCUT2D eigenvalue weighted by Crippen LogP contribution is -2.47. The van der Waals surface area contributed by atoms with Crippen LogP contribution in [-0.4, -0.2) is 48.5 Å². The molecule has 7 nitrogen and oxygen atoms in total. The number of hydrogen-bond donors (Lipinski definition) is 1. The highest BCUT2D eigenvalue weighted by molar-refractivity contribution is 6.33. The van der Waals surface area contributed by atoms with E-state index in [-0.39, 0.29) is 0 Å². The first kappa shape index (κ1) is 18.3. The molecule has 0 radical (unpaired) electrons. The summed E-state index contributed by atoms with van der Waals surface area (Å²) >= 11 is 6.20. The van der Waals surface area contributed by atoms with Crippen molar-refractivity contribution >= 4 is 34.7 Å². The number of nitrogens with zero attached hydrogens (tertiary/aromatic N) is 5. The van der Waals surface area contributed by atoms with Crippen LogP contribution in [0.5, 0.6) is 5.75 Å². The van der Waals surface area contributed by atoms with E-state index in [1.54, 1.807) is 13.3 Å². The molecule has 1 aliphatic rings. The molecule has 2 heterocycles. The van der Waals surface area contributed by atoms with Crippen molar-refractivity contribution in [3.8, 4) is 5.75 Å². The van der Waals surface area contributed by atoms with E-state index in [0.29, 0.717) is 11.0 Å². The molecule has 0 unspecified atom stereocenters. The van der Waals surface area contributed by atoms with E-state index in [4.69, 9.17) is 16.3 Å². The van der Waals surface area contributed by atoms with Gasteiger partial charge in [0.15, 0.2) is 5.82 Å². The molecule has 0 atom stereocenters. The van der Waals surface area contributed by atoms with Crippen LogP contribution >= 0.6 is 11.6 Å². The van der Waals surface area contributed by atoms with Crippen molar-refractivity contribution in [3.05, 3.63) is 59.8 Å². The monoisotopic (exact) mass is 396 g/mol. The largest absolute Gasteiger partial charge is 0.495 e. The van der Waals surface area contributed by atoms with Gasteiger partial charge in [-0.25, -0.2) is 0 Å². The zero-order valence-corrected chi connectivity index (χ0v) is 16.3. The summed E-state index contributed by atoms with van der Waals surface area (Å²) in [5.41, 5.74) is 1.87. The van der Waals surface area contributed by atoms with Gasteiger partial charge in [-0.2, -0.15) is 10.1 Å². The highest BCUT2D eigenvalue weighted by Crippen LogP contribution is 2.29. The predicted molar refractivity (Wildman–Crippen MR) is 112 cm³/mol. The fraction of sp³-hybridized carbons (Fsp3) is 0.250. The van der Waals surface area contributed by atoms with Crippen molar-refractivity contribution in [1.29, 1.82) is 0 Å². The van der Waals surface area contributed by atoms with Crippen LogP contribution in [0.1, 0.15) is 0 Å². The molecular formula is C20H21ClN6O. The molecule has 28 heavy (non-hydrogen) atoms. The summed E-state index contributed by atoms with van der Waals surface area (Å²) in [5, 5.41) is 11.9. The van der Waals surface area contributed by atoms with Crippen LogP contribution < -0.4 is 19.9 Å².